The van der Waals surface area contributed by atoms with Crippen LogP contribution in [0.15, 0.2) is 30.3 Å². The van der Waals surface area contributed by atoms with Crippen LogP contribution in [0.3, 0.4) is 0 Å². The molecule has 2 amide bonds. The standard InChI is InChI=1S/C15H18N2O5/c1-17(10-13(18)16-9-15(20)21)14(19)7-6-11-4-3-5-12(8-11)22-2/h3-8H,9-10H2,1-2H3,(H,16,18)(H,20,21)/b7-6+. The minimum atomic E-state index is -1.14. The van der Waals surface area contributed by atoms with Gasteiger partial charge in [0, 0.05) is 13.1 Å². The van der Waals surface area contributed by atoms with Crippen molar-refractivity contribution in [2.24, 2.45) is 0 Å². The van der Waals surface area contributed by atoms with Gasteiger partial charge < -0.3 is 20.1 Å². The monoisotopic (exact) mass is 306 g/mol. The summed E-state index contributed by atoms with van der Waals surface area (Å²) in [6.07, 6.45) is 2.94. The van der Waals surface area contributed by atoms with Gasteiger partial charge in [-0.2, -0.15) is 0 Å². The Morgan fingerprint density at radius 1 is 1.36 bits per heavy atom. The van der Waals surface area contributed by atoms with Crippen LogP contribution >= 0.6 is 0 Å². The summed E-state index contributed by atoms with van der Waals surface area (Å²) in [7, 11) is 3.01. The van der Waals surface area contributed by atoms with Crippen molar-refractivity contribution in [3.8, 4) is 5.75 Å². The zero-order valence-electron chi connectivity index (χ0n) is 12.4. The van der Waals surface area contributed by atoms with Gasteiger partial charge >= 0.3 is 5.97 Å². The molecule has 0 bridgehead atoms. The Balaban J connectivity index is 2.54. The van der Waals surface area contributed by atoms with E-state index in [0.717, 1.165) is 5.56 Å². The summed E-state index contributed by atoms with van der Waals surface area (Å²) in [6.45, 7) is -0.685. The quantitative estimate of drug-likeness (QED) is 0.709. The molecule has 0 aliphatic carbocycles. The number of benzene rings is 1. The molecule has 1 aromatic carbocycles. The molecular formula is C15H18N2O5. The molecule has 0 unspecified atom stereocenters. The molecule has 7 nitrogen and oxygen atoms in total. The molecule has 118 valence electrons. The maximum Gasteiger partial charge on any atom is 0.322 e. The van der Waals surface area contributed by atoms with Crippen LogP contribution in [0.5, 0.6) is 5.75 Å². The molecule has 0 spiro atoms. The highest BCUT2D eigenvalue weighted by Gasteiger charge is 2.11. The normalized spacial score (nSPS) is 10.3. The smallest absolute Gasteiger partial charge is 0.322 e. The molecule has 0 radical (unpaired) electrons. The third kappa shape index (κ3) is 6.08. The SMILES string of the molecule is COc1cccc(/C=C/C(=O)N(C)CC(=O)NCC(=O)O)c1. The Morgan fingerprint density at radius 2 is 2.09 bits per heavy atom. The fourth-order valence-corrected chi connectivity index (χ4v) is 1.56. The predicted octanol–water partition coefficient (Wildman–Crippen LogP) is 0.368. The van der Waals surface area contributed by atoms with Gasteiger partial charge in [0.25, 0.3) is 0 Å². The molecule has 0 heterocycles. The van der Waals surface area contributed by atoms with Gasteiger partial charge in [-0.3, -0.25) is 14.4 Å². The van der Waals surface area contributed by atoms with E-state index < -0.39 is 18.4 Å². The minimum absolute atomic E-state index is 0.214. The molecule has 0 aromatic heterocycles. The number of nitrogens with zero attached hydrogens (tertiary/aromatic N) is 1. The van der Waals surface area contributed by atoms with Crippen molar-refractivity contribution in [2.75, 3.05) is 27.2 Å². The molecule has 0 saturated heterocycles. The second kappa shape index (κ2) is 8.46. The number of hydrogen-bond donors (Lipinski definition) is 2. The first-order chi connectivity index (χ1) is 10.4. The Kier molecular flexibility index (Phi) is 6.62. The largest absolute Gasteiger partial charge is 0.497 e. The first-order valence-corrected chi connectivity index (χ1v) is 6.48. The first kappa shape index (κ1) is 17.2. The topological polar surface area (TPSA) is 95.9 Å². The maximum atomic E-state index is 11.9. The van der Waals surface area contributed by atoms with Gasteiger partial charge in [-0.05, 0) is 23.8 Å². The number of carbonyl (C=O) groups excluding carboxylic acids is 2. The number of likely N-dealkylation sites (N-methyl/N-ethyl adjacent to an activating group) is 1. The minimum Gasteiger partial charge on any atom is -0.497 e. The van der Waals surface area contributed by atoms with Crippen LogP contribution < -0.4 is 10.1 Å². The van der Waals surface area contributed by atoms with E-state index >= 15 is 0 Å². The zero-order chi connectivity index (χ0) is 16.5. The average Bonchev–Trinajstić information content (AvgIpc) is 2.50. The maximum absolute atomic E-state index is 11.9. The van der Waals surface area contributed by atoms with E-state index in [1.165, 1.54) is 18.0 Å². The van der Waals surface area contributed by atoms with Crippen LogP contribution in [-0.2, 0) is 14.4 Å². The Labute approximate surface area is 128 Å². The third-order valence-electron chi connectivity index (χ3n) is 2.71. The van der Waals surface area contributed by atoms with Crippen molar-refractivity contribution in [2.45, 2.75) is 0 Å². The summed E-state index contributed by atoms with van der Waals surface area (Å²) < 4.78 is 5.08. The second-order valence-corrected chi connectivity index (χ2v) is 4.47. The molecular weight excluding hydrogens is 288 g/mol. The number of carboxylic acids is 1. The summed E-state index contributed by atoms with van der Waals surface area (Å²) in [5, 5.41) is 10.6. The molecule has 0 aliphatic heterocycles. The van der Waals surface area contributed by atoms with Crippen LogP contribution in [-0.4, -0.2) is 55.0 Å². The van der Waals surface area contributed by atoms with Crippen LogP contribution in [0.2, 0.25) is 0 Å². The highest BCUT2D eigenvalue weighted by atomic mass is 16.5. The summed E-state index contributed by atoms with van der Waals surface area (Å²) in [6, 6.07) is 7.17. The highest BCUT2D eigenvalue weighted by Crippen LogP contribution is 2.13. The van der Waals surface area contributed by atoms with E-state index in [4.69, 9.17) is 9.84 Å². The summed E-state index contributed by atoms with van der Waals surface area (Å²) in [5.41, 5.74) is 0.788. The van der Waals surface area contributed by atoms with Crippen LogP contribution in [0.25, 0.3) is 6.08 Å². The van der Waals surface area contributed by atoms with Crippen LogP contribution in [0.1, 0.15) is 5.56 Å². The molecule has 0 saturated carbocycles. The fourth-order valence-electron chi connectivity index (χ4n) is 1.56. The molecule has 0 fully saturated rings. The predicted molar refractivity (Wildman–Crippen MR) is 80.3 cm³/mol. The number of rotatable bonds is 7. The number of amides is 2. The van der Waals surface area contributed by atoms with Crippen molar-refractivity contribution in [1.29, 1.82) is 0 Å². The summed E-state index contributed by atoms with van der Waals surface area (Å²) >= 11 is 0. The van der Waals surface area contributed by atoms with Crippen molar-refractivity contribution in [1.82, 2.24) is 10.2 Å². The first-order valence-electron chi connectivity index (χ1n) is 6.48. The average molecular weight is 306 g/mol. The number of methoxy groups -OCH3 is 1. The number of aliphatic carboxylic acids is 1. The lowest BCUT2D eigenvalue weighted by atomic mass is 10.2. The zero-order valence-corrected chi connectivity index (χ0v) is 12.4. The molecule has 1 aromatic rings. The molecule has 22 heavy (non-hydrogen) atoms. The summed E-state index contributed by atoms with van der Waals surface area (Å²) in [4.78, 5) is 34.8. The lowest BCUT2D eigenvalue weighted by Crippen LogP contribution is -2.39. The number of carboxylic acid groups (broad SMARTS) is 1. The van der Waals surface area contributed by atoms with Gasteiger partial charge in [0.2, 0.25) is 11.8 Å². The van der Waals surface area contributed by atoms with E-state index in [-0.39, 0.29) is 12.5 Å². The van der Waals surface area contributed by atoms with Gasteiger partial charge in [0.05, 0.1) is 13.7 Å². The van der Waals surface area contributed by atoms with Crippen molar-refractivity contribution in [3.63, 3.8) is 0 Å². The molecule has 0 aliphatic rings. The van der Waals surface area contributed by atoms with E-state index in [1.54, 1.807) is 31.4 Å². The van der Waals surface area contributed by atoms with Crippen molar-refractivity contribution in [3.05, 3.63) is 35.9 Å². The van der Waals surface area contributed by atoms with E-state index in [2.05, 4.69) is 5.32 Å². The second-order valence-electron chi connectivity index (χ2n) is 4.47. The molecule has 2 N–H and O–H groups in total. The van der Waals surface area contributed by atoms with Crippen molar-refractivity contribution < 1.29 is 24.2 Å². The van der Waals surface area contributed by atoms with E-state index in [1.807, 2.05) is 6.07 Å². The van der Waals surface area contributed by atoms with Gasteiger partial charge in [-0.1, -0.05) is 12.1 Å². The lowest BCUT2D eigenvalue weighted by Gasteiger charge is -2.14. The Bertz CT molecular complexity index is 583. The van der Waals surface area contributed by atoms with Crippen LogP contribution in [0, 0.1) is 0 Å². The van der Waals surface area contributed by atoms with Crippen LogP contribution in [0.4, 0.5) is 0 Å². The van der Waals surface area contributed by atoms with Gasteiger partial charge in [0.1, 0.15) is 12.3 Å². The number of nitrogens with one attached hydrogen (secondary N) is 1. The number of hydrogen-bond acceptors (Lipinski definition) is 4. The van der Waals surface area contributed by atoms with Gasteiger partial charge in [0.15, 0.2) is 0 Å². The van der Waals surface area contributed by atoms with Gasteiger partial charge in [-0.15, -0.1) is 0 Å². The molecule has 1 rings (SSSR count). The molecule has 0 atom stereocenters. The number of ether oxygens (including phenoxy) is 1. The fraction of sp³-hybridized carbons (Fsp3) is 0.267. The lowest BCUT2D eigenvalue weighted by molar-refractivity contribution is -0.138. The van der Waals surface area contributed by atoms with E-state index in [0.29, 0.717) is 5.75 Å². The van der Waals surface area contributed by atoms with Crippen molar-refractivity contribution >= 4 is 23.9 Å². The highest BCUT2D eigenvalue weighted by molar-refractivity contribution is 5.94. The van der Waals surface area contributed by atoms with Gasteiger partial charge in [-0.25, -0.2) is 0 Å². The summed E-state index contributed by atoms with van der Waals surface area (Å²) in [5.74, 6) is -1.36. The Morgan fingerprint density at radius 3 is 2.73 bits per heavy atom. The van der Waals surface area contributed by atoms with E-state index in [9.17, 15) is 14.4 Å². The third-order valence-corrected chi connectivity index (χ3v) is 2.71. The number of carbonyl (C=O) groups is 3. The molecule has 7 heteroatoms. The Hall–Kier alpha value is -2.83.